The molecule has 0 bridgehead atoms. The molecule has 0 aliphatic carbocycles. The third kappa shape index (κ3) is 4.55. The lowest BCUT2D eigenvalue weighted by molar-refractivity contribution is 0.675. The monoisotopic (exact) mass is 305 g/mol. The van der Waals surface area contributed by atoms with Crippen LogP contribution in [0.15, 0.2) is 52.3 Å². The Balaban J connectivity index is 2.03. The number of halogens is 1. The summed E-state index contributed by atoms with van der Waals surface area (Å²) < 4.78 is 0. The summed E-state index contributed by atoms with van der Waals surface area (Å²) in [6, 6.07) is 14.8. The highest BCUT2D eigenvalue weighted by atomic mass is 35.5. The van der Waals surface area contributed by atoms with Crippen molar-refractivity contribution in [2.75, 3.05) is 6.54 Å². The molecule has 0 spiro atoms. The Morgan fingerprint density at radius 2 is 1.85 bits per heavy atom. The van der Waals surface area contributed by atoms with Crippen LogP contribution in [0.3, 0.4) is 0 Å². The van der Waals surface area contributed by atoms with Crippen LogP contribution in [0.25, 0.3) is 0 Å². The quantitative estimate of drug-likeness (QED) is 0.727. The van der Waals surface area contributed by atoms with Crippen LogP contribution in [0.4, 0.5) is 0 Å². The molecule has 0 aliphatic rings. The fourth-order valence-corrected chi connectivity index (χ4v) is 3.02. The molecule has 2 rings (SSSR count). The van der Waals surface area contributed by atoms with Gasteiger partial charge in [-0.1, -0.05) is 54.0 Å². The summed E-state index contributed by atoms with van der Waals surface area (Å²) >= 11 is 8.08. The molecular formula is C17H20ClNS. The van der Waals surface area contributed by atoms with Gasteiger partial charge in [0.2, 0.25) is 0 Å². The molecule has 1 nitrogen and oxygen atoms in total. The normalized spacial score (nSPS) is 10.8. The van der Waals surface area contributed by atoms with Crippen LogP contribution in [0.1, 0.15) is 24.5 Å². The average molecular weight is 306 g/mol. The Kier molecular flexibility index (Phi) is 5.96. The Morgan fingerprint density at radius 1 is 1.10 bits per heavy atom. The maximum absolute atomic E-state index is 6.37. The standard InChI is InChI=1S/C17H20ClNS/c1-3-10-19-12-14-6-9-17(16(18)11-14)20-15-7-4-13(2)5-8-15/h4-9,11,19H,3,10,12H2,1-2H3. The highest BCUT2D eigenvalue weighted by Crippen LogP contribution is 2.33. The predicted octanol–water partition coefficient (Wildman–Crippen LogP) is 5.30. The molecule has 3 heteroatoms. The van der Waals surface area contributed by atoms with Gasteiger partial charge in [0.25, 0.3) is 0 Å². The molecule has 106 valence electrons. The second-order valence-electron chi connectivity index (χ2n) is 4.86. The fraction of sp³-hybridized carbons (Fsp3) is 0.294. The summed E-state index contributed by atoms with van der Waals surface area (Å²) in [6.45, 7) is 6.18. The van der Waals surface area contributed by atoms with Crippen LogP contribution < -0.4 is 5.32 Å². The van der Waals surface area contributed by atoms with Crippen molar-refractivity contribution in [3.05, 3.63) is 58.6 Å². The van der Waals surface area contributed by atoms with E-state index in [1.807, 2.05) is 0 Å². The van der Waals surface area contributed by atoms with Gasteiger partial charge in [0.1, 0.15) is 0 Å². The zero-order valence-corrected chi connectivity index (χ0v) is 13.5. The minimum atomic E-state index is 0.825. The minimum Gasteiger partial charge on any atom is -0.313 e. The van der Waals surface area contributed by atoms with Crippen molar-refractivity contribution in [3.8, 4) is 0 Å². The first-order valence-corrected chi connectivity index (χ1v) is 8.12. The highest BCUT2D eigenvalue weighted by molar-refractivity contribution is 7.99. The van der Waals surface area contributed by atoms with Gasteiger partial charge < -0.3 is 5.32 Å². The Morgan fingerprint density at radius 3 is 2.50 bits per heavy atom. The minimum absolute atomic E-state index is 0.825. The molecule has 0 aliphatic heterocycles. The largest absolute Gasteiger partial charge is 0.313 e. The molecule has 0 heterocycles. The molecular weight excluding hydrogens is 286 g/mol. The van der Waals surface area contributed by atoms with Gasteiger partial charge in [0, 0.05) is 16.3 Å². The number of aryl methyl sites for hydroxylation is 1. The zero-order chi connectivity index (χ0) is 14.4. The average Bonchev–Trinajstić information content (AvgIpc) is 2.44. The van der Waals surface area contributed by atoms with Gasteiger partial charge in [0.15, 0.2) is 0 Å². The van der Waals surface area contributed by atoms with Gasteiger partial charge in [-0.3, -0.25) is 0 Å². The van der Waals surface area contributed by atoms with E-state index in [0.29, 0.717) is 0 Å². The molecule has 0 fully saturated rings. The maximum atomic E-state index is 6.37. The zero-order valence-electron chi connectivity index (χ0n) is 11.9. The smallest absolute Gasteiger partial charge is 0.0548 e. The van der Waals surface area contributed by atoms with Gasteiger partial charge in [-0.15, -0.1) is 0 Å². The van der Waals surface area contributed by atoms with Crippen LogP contribution in [0.2, 0.25) is 5.02 Å². The first-order valence-electron chi connectivity index (χ1n) is 6.92. The van der Waals surface area contributed by atoms with Crippen LogP contribution in [-0.4, -0.2) is 6.54 Å². The van der Waals surface area contributed by atoms with Gasteiger partial charge >= 0.3 is 0 Å². The highest BCUT2D eigenvalue weighted by Gasteiger charge is 2.04. The van der Waals surface area contributed by atoms with Crippen molar-refractivity contribution in [3.63, 3.8) is 0 Å². The van der Waals surface area contributed by atoms with Crippen molar-refractivity contribution < 1.29 is 0 Å². The van der Waals surface area contributed by atoms with E-state index < -0.39 is 0 Å². The van der Waals surface area contributed by atoms with Crippen molar-refractivity contribution in [2.45, 2.75) is 36.6 Å². The summed E-state index contributed by atoms with van der Waals surface area (Å²) in [7, 11) is 0. The first-order chi connectivity index (χ1) is 9.69. The molecule has 2 aromatic rings. The van der Waals surface area contributed by atoms with Crippen LogP contribution in [0.5, 0.6) is 0 Å². The summed E-state index contributed by atoms with van der Waals surface area (Å²) in [6.07, 6.45) is 1.15. The number of benzene rings is 2. The van der Waals surface area contributed by atoms with Crippen molar-refractivity contribution in [1.82, 2.24) is 5.32 Å². The molecule has 0 atom stereocenters. The van der Waals surface area contributed by atoms with Crippen molar-refractivity contribution in [2.24, 2.45) is 0 Å². The first kappa shape index (κ1) is 15.4. The number of nitrogens with one attached hydrogen (secondary N) is 1. The van der Waals surface area contributed by atoms with E-state index in [-0.39, 0.29) is 0 Å². The number of hydrogen-bond donors (Lipinski definition) is 1. The summed E-state index contributed by atoms with van der Waals surface area (Å²) in [5, 5.41) is 4.21. The van der Waals surface area contributed by atoms with Gasteiger partial charge in [0.05, 0.1) is 5.02 Å². The summed E-state index contributed by atoms with van der Waals surface area (Å²) in [5.41, 5.74) is 2.51. The van der Waals surface area contributed by atoms with E-state index in [4.69, 9.17) is 11.6 Å². The van der Waals surface area contributed by atoms with Gasteiger partial charge in [-0.25, -0.2) is 0 Å². The summed E-state index contributed by atoms with van der Waals surface area (Å²) in [5.74, 6) is 0. The number of rotatable bonds is 6. The van der Waals surface area contributed by atoms with E-state index in [2.05, 4.69) is 61.6 Å². The molecule has 1 N–H and O–H groups in total. The van der Waals surface area contributed by atoms with E-state index in [1.54, 1.807) is 11.8 Å². The van der Waals surface area contributed by atoms with Gasteiger partial charge in [-0.05, 0) is 49.7 Å². The lowest BCUT2D eigenvalue weighted by atomic mass is 10.2. The predicted molar refractivity (Wildman–Crippen MR) is 88.8 cm³/mol. The fourth-order valence-electron chi connectivity index (χ4n) is 1.88. The lowest BCUT2D eigenvalue weighted by Gasteiger charge is -2.08. The number of hydrogen-bond acceptors (Lipinski definition) is 2. The molecule has 20 heavy (non-hydrogen) atoms. The summed E-state index contributed by atoms with van der Waals surface area (Å²) in [4.78, 5) is 2.32. The Bertz CT molecular complexity index is 551. The third-order valence-corrected chi connectivity index (χ3v) is 4.51. The molecule has 0 unspecified atom stereocenters. The van der Waals surface area contributed by atoms with Crippen molar-refractivity contribution >= 4 is 23.4 Å². The maximum Gasteiger partial charge on any atom is 0.0548 e. The molecule has 0 radical (unpaired) electrons. The molecule has 2 aromatic carbocycles. The topological polar surface area (TPSA) is 12.0 Å². The Labute approximate surface area is 130 Å². The lowest BCUT2D eigenvalue weighted by Crippen LogP contribution is -2.13. The third-order valence-electron chi connectivity index (χ3n) is 3.00. The van der Waals surface area contributed by atoms with E-state index in [9.17, 15) is 0 Å². The molecule has 0 aromatic heterocycles. The SMILES string of the molecule is CCCNCc1ccc(Sc2ccc(C)cc2)c(Cl)c1. The van der Waals surface area contributed by atoms with E-state index >= 15 is 0 Å². The van der Waals surface area contributed by atoms with Crippen LogP contribution in [0, 0.1) is 6.92 Å². The Hall–Kier alpha value is -0.960. The van der Waals surface area contributed by atoms with Crippen LogP contribution in [-0.2, 0) is 6.54 Å². The van der Waals surface area contributed by atoms with E-state index in [0.717, 1.165) is 29.4 Å². The second-order valence-corrected chi connectivity index (χ2v) is 6.38. The van der Waals surface area contributed by atoms with Gasteiger partial charge in [-0.2, -0.15) is 0 Å². The molecule has 0 saturated heterocycles. The molecule has 0 amide bonds. The van der Waals surface area contributed by atoms with Crippen molar-refractivity contribution in [1.29, 1.82) is 0 Å². The van der Waals surface area contributed by atoms with E-state index in [1.165, 1.54) is 16.0 Å². The molecule has 0 saturated carbocycles. The second kappa shape index (κ2) is 7.72. The van der Waals surface area contributed by atoms with Crippen LogP contribution >= 0.6 is 23.4 Å².